The molecule has 2 heterocycles. The third kappa shape index (κ3) is 1.60. The third-order valence-electron chi connectivity index (χ3n) is 2.70. The predicted octanol–water partition coefficient (Wildman–Crippen LogP) is 1.12. The molecule has 0 aliphatic heterocycles. The lowest BCUT2D eigenvalue weighted by Crippen LogP contribution is -2.12. The molecule has 0 saturated carbocycles. The van der Waals surface area contributed by atoms with Gasteiger partial charge in [0.2, 0.25) is 0 Å². The fraction of sp³-hybridized carbons (Fsp3) is 0. The summed E-state index contributed by atoms with van der Waals surface area (Å²) < 4.78 is 0. The topological polar surface area (TPSA) is 97.6 Å². The van der Waals surface area contributed by atoms with E-state index < -0.39 is 5.91 Å². The van der Waals surface area contributed by atoms with Gasteiger partial charge in [0, 0.05) is 23.3 Å². The van der Waals surface area contributed by atoms with Crippen molar-refractivity contribution >= 4 is 16.7 Å². The first-order valence-electron chi connectivity index (χ1n) is 5.30. The molecule has 0 aliphatic carbocycles. The highest BCUT2D eigenvalue weighted by Crippen LogP contribution is 2.23. The summed E-state index contributed by atoms with van der Waals surface area (Å²) in [5, 5.41) is 12.1. The molecule has 0 saturated heterocycles. The molecule has 3 N–H and O–H groups in total. The third-order valence-corrected chi connectivity index (χ3v) is 2.70. The summed E-state index contributed by atoms with van der Waals surface area (Å²) >= 11 is 0. The maximum absolute atomic E-state index is 11.2. The van der Waals surface area contributed by atoms with Crippen molar-refractivity contribution in [2.75, 3.05) is 0 Å². The Morgan fingerprint density at radius 2 is 2.06 bits per heavy atom. The molecule has 0 unspecified atom stereocenters. The normalized spacial score (nSPS) is 10.7. The quantitative estimate of drug-likeness (QED) is 0.700. The maximum Gasteiger partial charge on any atom is 0.271 e. The van der Waals surface area contributed by atoms with Gasteiger partial charge in [0.05, 0.1) is 0 Å². The van der Waals surface area contributed by atoms with Crippen LogP contribution in [0, 0.1) is 0 Å². The van der Waals surface area contributed by atoms with E-state index in [4.69, 9.17) is 5.73 Å². The van der Waals surface area contributed by atoms with E-state index in [1.54, 1.807) is 12.4 Å². The predicted molar refractivity (Wildman–Crippen MR) is 65.6 cm³/mol. The average Bonchev–Trinajstić information content (AvgIpc) is 2.87. The maximum atomic E-state index is 11.2. The molecule has 0 fully saturated rings. The summed E-state index contributed by atoms with van der Waals surface area (Å²) in [5.74, 6) is -0.606. The molecule has 0 spiro atoms. The van der Waals surface area contributed by atoms with E-state index in [2.05, 4.69) is 20.4 Å². The smallest absolute Gasteiger partial charge is 0.271 e. The van der Waals surface area contributed by atoms with Crippen LogP contribution in [0.5, 0.6) is 0 Å². The van der Waals surface area contributed by atoms with Crippen LogP contribution in [0.15, 0.2) is 36.7 Å². The number of primary amides is 1. The summed E-state index contributed by atoms with van der Waals surface area (Å²) in [6, 6.07) is 7.61. The molecule has 0 bridgehead atoms. The van der Waals surface area contributed by atoms with Crippen LogP contribution < -0.4 is 5.73 Å². The molecule has 88 valence electrons. The minimum absolute atomic E-state index is 0.137. The van der Waals surface area contributed by atoms with E-state index in [0.29, 0.717) is 5.69 Å². The van der Waals surface area contributed by atoms with Gasteiger partial charge < -0.3 is 5.73 Å². The highest BCUT2D eigenvalue weighted by Gasteiger charge is 2.15. The zero-order chi connectivity index (χ0) is 12.5. The lowest BCUT2D eigenvalue weighted by atomic mass is 10.1. The standard InChI is InChI=1S/C12H9N5O/c13-12(18)11-10(15-17-16-11)8-2-1-7-3-4-14-6-9(7)5-8/h1-6H,(H2,13,18)(H,15,16,17). The van der Waals surface area contributed by atoms with Gasteiger partial charge in [-0.1, -0.05) is 12.1 Å². The number of pyridine rings is 1. The zero-order valence-corrected chi connectivity index (χ0v) is 9.29. The van der Waals surface area contributed by atoms with Crippen molar-refractivity contribution in [3.05, 3.63) is 42.4 Å². The molecule has 0 radical (unpaired) electrons. The lowest BCUT2D eigenvalue weighted by molar-refractivity contribution is 0.0996. The molecule has 0 atom stereocenters. The molecule has 0 aliphatic rings. The van der Waals surface area contributed by atoms with Crippen molar-refractivity contribution < 1.29 is 4.79 Å². The molecule has 3 aromatic rings. The van der Waals surface area contributed by atoms with E-state index in [1.807, 2.05) is 24.3 Å². The number of benzene rings is 1. The number of carbonyl (C=O) groups excluding carboxylic acids is 1. The summed E-state index contributed by atoms with van der Waals surface area (Å²) in [6.07, 6.45) is 3.48. The number of rotatable bonds is 2. The Hall–Kier alpha value is -2.76. The van der Waals surface area contributed by atoms with Crippen LogP contribution in [0.25, 0.3) is 22.0 Å². The molecule has 6 heteroatoms. The van der Waals surface area contributed by atoms with Gasteiger partial charge in [-0.3, -0.25) is 9.78 Å². The summed E-state index contributed by atoms with van der Waals surface area (Å²) in [6.45, 7) is 0. The largest absolute Gasteiger partial charge is 0.364 e. The number of nitrogens with one attached hydrogen (secondary N) is 1. The second-order valence-corrected chi connectivity index (χ2v) is 3.82. The molecule has 1 amide bonds. The Labute approximate surface area is 102 Å². The number of aromatic nitrogens is 4. The average molecular weight is 239 g/mol. The van der Waals surface area contributed by atoms with Crippen LogP contribution in [-0.4, -0.2) is 26.3 Å². The minimum atomic E-state index is -0.606. The van der Waals surface area contributed by atoms with Crippen LogP contribution in [0.1, 0.15) is 10.5 Å². The number of nitrogens with two attached hydrogens (primary N) is 1. The fourth-order valence-electron chi connectivity index (χ4n) is 1.84. The first kappa shape index (κ1) is 10.4. The number of carbonyl (C=O) groups is 1. The van der Waals surface area contributed by atoms with Gasteiger partial charge in [-0.15, -0.1) is 0 Å². The number of fused-ring (bicyclic) bond motifs is 1. The monoisotopic (exact) mass is 239 g/mol. The van der Waals surface area contributed by atoms with Crippen molar-refractivity contribution in [3.63, 3.8) is 0 Å². The minimum Gasteiger partial charge on any atom is -0.364 e. The second-order valence-electron chi connectivity index (χ2n) is 3.82. The van der Waals surface area contributed by atoms with Crippen LogP contribution in [0.4, 0.5) is 0 Å². The van der Waals surface area contributed by atoms with E-state index in [0.717, 1.165) is 16.3 Å². The summed E-state index contributed by atoms with van der Waals surface area (Å²) in [4.78, 5) is 15.3. The van der Waals surface area contributed by atoms with Crippen LogP contribution in [0.3, 0.4) is 0 Å². The Kier molecular flexibility index (Phi) is 2.26. The van der Waals surface area contributed by atoms with E-state index in [-0.39, 0.29) is 5.69 Å². The van der Waals surface area contributed by atoms with Crippen molar-refractivity contribution in [2.24, 2.45) is 5.73 Å². The SMILES string of the molecule is NC(=O)c1n[nH]nc1-c1ccc2ccncc2c1. The van der Waals surface area contributed by atoms with Gasteiger partial charge in [-0.25, -0.2) is 0 Å². The van der Waals surface area contributed by atoms with Gasteiger partial charge in [0.1, 0.15) is 5.69 Å². The Morgan fingerprint density at radius 1 is 1.17 bits per heavy atom. The number of H-pyrrole nitrogens is 1. The number of nitrogens with zero attached hydrogens (tertiary/aromatic N) is 3. The van der Waals surface area contributed by atoms with Gasteiger partial charge in [0.25, 0.3) is 5.91 Å². The highest BCUT2D eigenvalue weighted by atomic mass is 16.1. The van der Waals surface area contributed by atoms with Crippen molar-refractivity contribution in [2.45, 2.75) is 0 Å². The number of hydrogen-bond acceptors (Lipinski definition) is 4. The van der Waals surface area contributed by atoms with Crippen LogP contribution >= 0.6 is 0 Å². The number of hydrogen-bond donors (Lipinski definition) is 2. The molecular formula is C12H9N5O. The molecule has 2 aromatic heterocycles. The fourth-order valence-corrected chi connectivity index (χ4v) is 1.84. The Bertz CT molecular complexity index is 734. The van der Waals surface area contributed by atoms with Crippen molar-refractivity contribution in [1.82, 2.24) is 20.4 Å². The molecule has 6 nitrogen and oxygen atoms in total. The van der Waals surface area contributed by atoms with Crippen LogP contribution in [-0.2, 0) is 0 Å². The van der Waals surface area contributed by atoms with Gasteiger partial charge in [0.15, 0.2) is 5.69 Å². The number of aromatic amines is 1. The van der Waals surface area contributed by atoms with E-state index >= 15 is 0 Å². The zero-order valence-electron chi connectivity index (χ0n) is 9.29. The lowest BCUT2D eigenvalue weighted by Gasteiger charge is -2.01. The summed E-state index contributed by atoms with van der Waals surface area (Å²) in [5.41, 5.74) is 6.60. The molecular weight excluding hydrogens is 230 g/mol. The summed E-state index contributed by atoms with van der Waals surface area (Å²) in [7, 11) is 0. The van der Waals surface area contributed by atoms with Crippen molar-refractivity contribution in [1.29, 1.82) is 0 Å². The van der Waals surface area contributed by atoms with E-state index in [9.17, 15) is 4.79 Å². The van der Waals surface area contributed by atoms with E-state index in [1.165, 1.54) is 0 Å². The molecule has 3 rings (SSSR count). The van der Waals surface area contributed by atoms with Crippen LogP contribution in [0.2, 0.25) is 0 Å². The Morgan fingerprint density at radius 3 is 2.89 bits per heavy atom. The Balaban J connectivity index is 2.19. The molecule has 18 heavy (non-hydrogen) atoms. The number of amides is 1. The second kappa shape index (κ2) is 3.92. The van der Waals surface area contributed by atoms with Gasteiger partial charge in [-0.05, 0) is 17.5 Å². The van der Waals surface area contributed by atoms with Crippen molar-refractivity contribution in [3.8, 4) is 11.3 Å². The first-order valence-corrected chi connectivity index (χ1v) is 5.30. The highest BCUT2D eigenvalue weighted by molar-refractivity contribution is 5.97. The van der Waals surface area contributed by atoms with Gasteiger partial charge >= 0.3 is 0 Å². The first-order chi connectivity index (χ1) is 8.75. The molecule has 1 aromatic carbocycles. The van der Waals surface area contributed by atoms with Gasteiger partial charge in [-0.2, -0.15) is 15.4 Å².